The van der Waals surface area contributed by atoms with Crippen LogP contribution in [0, 0.1) is 17.3 Å². The van der Waals surface area contributed by atoms with Crippen molar-refractivity contribution < 1.29 is 10.2 Å². The third kappa shape index (κ3) is 3.30. The van der Waals surface area contributed by atoms with Crippen molar-refractivity contribution in [1.29, 1.82) is 0 Å². The predicted octanol–water partition coefficient (Wildman–Crippen LogP) is 0.813. The van der Waals surface area contributed by atoms with Gasteiger partial charge in [0.05, 0.1) is 12.2 Å². The lowest BCUT2D eigenvalue weighted by atomic mass is 9.67. The molecule has 1 aliphatic heterocycles. The zero-order chi connectivity index (χ0) is 14.2. The lowest BCUT2D eigenvalue weighted by molar-refractivity contribution is 0.0501. The number of rotatable bonds is 2. The van der Waals surface area contributed by atoms with Gasteiger partial charge in [0.2, 0.25) is 0 Å². The average molecular weight is 270 g/mol. The maximum atomic E-state index is 9.76. The Morgan fingerprint density at radius 3 is 2.16 bits per heavy atom. The number of aliphatic hydroxyl groups excluding tert-OH is 2. The monoisotopic (exact) mass is 270 g/mol. The van der Waals surface area contributed by atoms with Crippen LogP contribution >= 0.6 is 0 Å². The summed E-state index contributed by atoms with van der Waals surface area (Å²) >= 11 is 0. The van der Waals surface area contributed by atoms with Crippen LogP contribution in [0.3, 0.4) is 0 Å². The first kappa shape index (κ1) is 15.2. The van der Waals surface area contributed by atoms with E-state index in [4.69, 9.17) is 5.73 Å². The summed E-state index contributed by atoms with van der Waals surface area (Å²) in [5, 5.41) is 19.5. The van der Waals surface area contributed by atoms with Gasteiger partial charge in [-0.3, -0.25) is 4.90 Å². The molecule has 2 fully saturated rings. The van der Waals surface area contributed by atoms with Gasteiger partial charge in [0.25, 0.3) is 0 Å². The van der Waals surface area contributed by atoms with Gasteiger partial charge >= 0.3 is 0 Å². The molecule has 5 unspecified atom stereocenters. The summed E-state index contributed by atoms with van der Waals surface area (Å²) in [6.07, 6.45) is 2.39. The molecule has 1 saturated carbocycles. The number of nitrogens with zero attached hydrogens (tertiary/aromatic N) is 1. The van der Waals surface area contributed by atoms with Gasteiger partial charge in [-0.15, -0.1) is 0 Å². The van der Waals surface area contributed by atoms with Crippen molar-refractivity contribution in [2.24, 2.45) is 23.0 Å². The zero-order valence-corrected chi connectivity index (χ0v) is 12.5. The van der Waals surface area contributed by atoms with Crippen LogP contribution in [0.15, 0.2) is 0 Å². The number of aliphatic hydroxyl groups is 2. The molecular weight excluding hydrogens is 240 g/mol. The van der Waals surface area contributed by atoms with Crippen LogP contribution in [0.4, 0.5) is 0 Å². The van der Waals surface area contributed by atoms with Gasteiger partial charge in [-0.05, 0) is 43.1 Å². The van der Waals surface area contributed by atoms with E-state index in [-0.39, 0.29) is 0 Å². The maximum Gasteiger partial charge on any atom is 0.0938 e. The summed E-state index contributed by atoms with van der Waals surface area (Å²) in [6.45, 7) is 8.84. The summed E-state index contributed by atoms with van der Waals surface area (Å²) in [5.41, 5.74) is 6.26. The first-order valence-corrected chi connectivity index (χ1v) is 7.63. The summed E-state index contributed by atoms with van der Waals surface area (Å²) in [7, 11) is 0. The van der Waals surface area contributed by atoms with Crippen LogP contribution < -0.4 is 5.73 Å². The summed E-state index contributed by atoms with van der Waals surface area (Å²) < 4.78 is 0. The third-order valence-corrected chi connectivity index (χ3v) is 5.24. The molecule has 112 valence electrons. The molecule has 1 saturated heterocycles. The molecule has 4 heteroatoms. The molecule has 0 radical (unpaired) electrons. The highest BCUT2D eigenvalue weighted by Crippen LogP contribution is 2.42. The van der Waals surface area contributed by atoms with Crippen LogP contribution in [0.2, 0.25) is 0 Å². The molecule has 0 aromatic heterocycles. The van der Waals surface area contributed by atoms with E-state index >= 15 is 0 Å². The smallest absolute Gasteiger partial charge is 0.0938 e. The highest BCUT2D eigenvalue weighted by molar-refractivity contribution is 4.95. The second kappa shape index (κ2) is 5.68. The first-order chi connectivity index (χ1) is 8.82. The van der Waals surface area contributed by atoms with E-state index < -0.39 is 12.2 Å². The van der Waals surface area contributed by atoms with Gasteiger partial charge in [0.15, 0.2) is 0 Å². The van der Waals surface area contributed by atoms with E-state index in [1.54, 1.807) is 0 Å². The molecule has 0 aromatic carbocycles. The highest BCUT2D eigenvalue weighted by Gasteiger charge is 2.41. The van der Waals surface area contributed by atoms with Crippen molar-refractivity contribution in [2.75, 3.05) is 19.6 Å². The number of likely N-dealkylation sites (tertiary alicyclic amines) is 1. The number of hydrogen-bond donors (Lipinski definition) is 3. The summed E-state index contributed by atoms with van der Waals surface area (Å²) in [5.74, 6) is 1.21. The fourth-order valence-electron chi connectivity index (χ4n) is 3.79. The normalized spacial score (nSPS) is 41.7. The molecule has 0 bridgehead atoms. The van der Waals surface area contributed by atoms with Gasteiger partial charge in [-0.25, -0.2) is 0 Å². The highest BCUT2D eigenvalue weighted by atomic mass is 16.3. The lowest BCUT2D eigenvalue weighted by Gasteiger charge is -2.45. The van der Waals surface area contributed by atoms with E-state index in [1.807, 2.05) is 0 Å². The minimum Gasteiger partial charge on any atom is -0.389 e. The fourth-order valence-corrected chi connectivity index (χ4v) is 3.79. The largest absolute Gasteiger partial charge is 0.389 e. The van der Waals surface area contributed by atoms with Crippen LogP contribution in [0.25, 0.3) is 0 Å². The third-order valence-electron chi connectivity index (χ3n) is 5.24. The lowest BCUT2D eigenvalue weighted by Crippen LogP contribution is -2.48. The molecule has 4 N–H and O–H groups in total. The van der Waals surface area contributed by atoms with Crippen LogP contribution in [0.5, 0.6) is 0 Å². The first-order valence-electron chi connectivity index (χ1n) is 7.63. The molecule has 0 amide bonds. The van der Waals surface area contributed by atoms with Crippen LogP contribution in [-0.2, 0) is 0 Å². The molecule has 5 atom stereocenters. The Hall–Kier alpha value is -0.160. The SMILES string of the molecule is CC(C)(C)C1CCC(CN)C(N2CC(O)C(O)C2)C1. The van der Waals surface area contributed by atoms with E-state index in [0.29, 0.717) is 42.9 Å². The second-order valence-corrected chi connectivity index (χ2v) is 7.53. The topological polar surface area (TPSA) is 69.7 Å². The van der Waals surface area contributed by atoms with E-state index in [9.17, 15) is 10.2 Å². The average Bonchev–Trinajstić information content (AvgIpc) is 2.67. The molecule has 0 aromatic rings. The number of hydrogen-bond acceptors (Lipinski definition) is 4. The van der Waals surface area contributed by atoms with E-state index in [1.165, 1.54) is 12.8 Å². The number of nitrogens with two attached hydrogens (primary N) is 1. The van der Waals surface area contributed by atoms with Crippen molar-refractivity contribution >= 4 is 0 Å². The van der Waals surface area contributed by atoms with E-state index in [0.717, 1.165) is 6.42 Å². The maximum absolute atomic E-state index is 9.76. The van der Waals surface area contributed by atoms with Crippen molar-refractivity contribution in [3.63, 3.8) is 0 Å². The summed E-state index contributed by atoms with van der Waals surface area (Å²) in [4.78, 5) is 2.27. The van der Waals surface area contributed by atoms with Gasteiger partial charge in [-0.1, -0.05) is 20.8 Å². The van der Waals surface area contributed by atoms with Crippen molar-refractivity contribution in [2.45, 2.75) is 58.3 Å². The van der Waals surface area contributed by atoms with Crippen molar-refractivity contribution in [1.82, 2.24) is 4.90 Å². The molecule has 2 aliphatic rings. The Balaban J connectivity index is 2.06. The molecule has 1 heterocycles. The van der Waals surface area contributed by atoms with Gasteiger partial charge in [0, 0.05) is 19.1 Å². The standard InChI is InChI=1S/C15H30N2O2/c1-15(2,3)11-5-4-10(7-16)12(6-11)17-8-13(18)14(19)9-17/h10-14,18-19H,4-9,16H2,1-3H3. The molecule has 0 spiro atoms. The molecule has 2 rings (SSSR count). The van der Waals surface area contributed by atoms with E-state index in [2.05, 4.69) is 25.7 Å². The van der Waals surface area contributed by atoms with Crippen molar-refractivity contribution in [3.05, 3.63) is 0 Å². The van der Waals surface area contributed by atoms with Gasteiger partial charge < -0.3 is 15.9 Å². The minimum atomic E-state index is -0.589. The number of β-amino-alcohol motifs (C(OH)–C–C–N with tert-alkyl or cyclic N) is 2. The molecular formula is C15H30N2O2. The predicted molar refractivity (Wildman–Crippen MR) is 76.7 cm³/mol. The second-order valence-electron chi connectivity index (χ2n) is 7.53. The molecule has 4 nitrogen and oxygen atoms in total. The minimum absolute atomic E-state index is 0.328. The molecule has 1 aliphatic carbocycles. The Morgan fingerprint density at radius 2 is 1.68 bits per heavy atom. The Bertz CT molecular complexity index is 293. The van der Waals surface area contributed by atoms with Crippen molar-refractivity contribution in [3.8, 4) is 0 Å². The van der Waals surface area contributed by atoms with Crippen LogP contribution in [-0.4, -0.2) is 53.0 Å². The van der Waals surface area contributed by atoms with Gasteiger partial charge in [-0.2, -0.15) is 0 Å². The van der Waals surface area contributed by atoms with Gasteiger partial charge in [0.1, 0.15) is 0 Å². The Morgan fingerprint density at radius 1 is 1.11 bits per heavy atom. The summed E-state index contributed by atoms with van der Waals surface area (Å²) in [6, 6.07) is 0.426. The zero-order valence-electron chi connectivity index (χ0n) is 12.5. The Labute approximate surface area is 117 Å². The quantitative estimate of drug-likeness (QED) is 0.694. The fraction of sp³-hybridized carbons (Fsp3) is 1.00. The Kier molecular flexibility index (Phi) is 4.56. The van der Waals surface area contributed by atoms with Crippen LogP contribution in [0.1, 0.15) is 40.0 Å². The molecule has 19 heavy (non-hydrogen) atoms.